The third-order valence-corrected chi connectivity index (χ3v) is 3.29. The molecule has 1 atom stereocenters. The number of phenolic OH excluding ortho intramolecular Hbond substituents is 1. The molecule has 1 aliphatic heterocycles. The summed E-state index contributed by atoms with van der Waals surface area (Å²) < 4.78 is 10.3. The highest BCUT2D eigenvalue weighted by molar-refractivity contribution is 5.95. The summed E-state index contributed by atoms with van der Waals surface area (Å²) in [6.07, 6.45) is 1.82. The molecule has 0 saturated carbocycles. The highest BCUT2D eigenvalue weighted by Gasteiger charge is 2.29. The number of ether oxygens (including phenoxy) is 2. The van der Waals surface area contributed by atoms with Crippen LogP contribution in [0.5, 0.6) is 11.5 Å². The fraction of sp³-hybridized carbons (Fsp3) is 0.500. The van der Waals surface area contributed by atoms with Gasteiger partial charge in [0.2, 0.25) is 0 Å². The van der Waals surface area contributed by atoms with E-state index in [4.69, 9.17) is 9.47 Å². The smallest absolute Gasteiger partial charge is 0.251 e. The van der Waals surface area contributed by atoms with E-state index in [1.807, 2.05) is 6.92 Å². The van der Waals surface area contributed by atoms with Crippen molar-refractivity contribution in [3.63, 3.8) is 0 Å². The van der Waals surface area contributed by atoms with Gasteiger partial charge in [-0.05, 0) is 38.0 Å². The van der Waals surface area contributed by atoms with Crippen LogP contribution < -0.4 is 10.1 Å². The average Bonchev–Trinajstić information content (AvgIpc) is 2.39. The standard InChI is InChI=1S/C14H19NO4/c1-14(6-3-7-19-9-14)15-13(17)10-4-5-12(18-2)11(16)8-10/h4-5,8,16H,3,6-7,9H2,1-2H3,(H,15,17). The number of rotatable bonds is 3. The zero-order valence-electron chi connectivity index (χ0n) is 11.2. The van der Waals surface area contributed by atoms with E-state index in [0.717, 1.165) is 19.4 Å². The Morgan fingerprint density at radius 1 is 1.53 bits per heavy atom. The number of hydrogen-bond donors (Lipinski definition) is 2. The lowest BCUT2D eigenvalue weighted by atomic mass is 9.94. The van der Waals surface area contributed by atoms with Crippen LogP contribution in [0.4, 0.5) is 0 Å². The monoisotopic (exact) mass is 265 g/mol. The molecule has 2 N–H and O–H groups in total. The number of carbonyl (C=O) groups is 1. The van der Waals surface area contributed by atoms with Crippen molar-refractivity contribution in [3.8, 4) is 11.5 Å². The van der Waals surface area contributed by atoms with E-state index in [0.29, 0.717) is 17.9 Å². The summed E-state index contributed by atoms with van der Waals surface area (Å²) in [5.41, 5.74) is 0.0651. The quantitative estimate of drug-likeness (QED) is 0.873. The van der Waals surface area contributed by atoms with E-state index in [1.165, 1.54) is 13.2 Å². The Morgan fingerprint density at radius 2 is 2.32 bits per heavy atom. The van der Waals surface area contributed by atoms with E-state index in [2.05, 4.69) is 5.32 Å². The van der Waals surface area contributed by atoms with Crippen LogP contribution >= 0.6 is 0 Å². The molecule has 19 heavy (non-hydrogen) atoms. The maximum Gasteiger partial charge on any atom is 0.251 e. The fourth-order valence-electron chi connectivity index (χ4n) is 2.21. The number of methoxy groups -OCH3 is 1. The van der Waals surface area contributed by atoms with Gasteiger partial charge in [0.05, 0.1) is 19.3 Å². The largest absolute Gasteiger partial charge is 0.504 e. The lowest BCUT2D eigenvalue weighted by Gasteiger charge is -2.34. The van der Waals surface area contributed by atoms with Crippen LogP contribution in [0.3, 0.4) is 0 Å². The summed E-state index contributed by atoms with van der Waals surface area (Å²) in [6, 6.07) is 4.60. The lowest BCUT2D eigenvalue weighted by Crippen LogP contribution is -2.51. The Morgan fingerprint density at radius 3 is 2.89 bits per heavy atom. The Hall–Kier alpha value is -1.75. The van der Waals surface area contributed by atoms with Gasteiger partial charge in [-0.1, -0.05) is 0 Å². The third kappa shape index (κ3) is 3.17. The van der Waals surface area contributed by atoms with E-state index in [9.17, 15) is 9.90 Å². The maximum atomic E-state index is 12.2. The number of benzene rings is 1. The minimum atomic E-state index is -0.342. The molecule has 0 aromatic heterocycles. The van der Waals surface area contributed by atoms with Crippen LogP contribution in [0, 0.1) is 0 Å². The van der Waals surface area contributed by atoms with Gasteiger partial charge >= 0.3 is 0 Å². The van der Waals surface area contributed by atoms with Crippen LogP contribution in [0.15, 0.2) is 18.2 Å². The number of nitrogens with one attached hydrogen (secondary N) is 1. The normalized spacial score (nSPS) is 22.8. The van der Waals surface area contributed by atoms with E-state index >= 15 is 0 Å². The maximum absolute atomic E-state index is 12.2. The summed E-state index contributed by atoms with van der Waals surface area (Å²) in [7, 11) is 1.47. The number of amides is 1. The van der Waals surface area contributed by atoms with Gasteiger partial charge in [0, 0.05) is 12.2 Å². The van der Waals surface area contributed by atoms with Gasteiger partial charge in [0.15, 0.2) is 11.5 Å². The molecule has 2 rings (SSSR count). The summed E-state index contributed by atoms with van der Waals surface area (Å²) in [4.78, 5) is 12.2. The summed E-state index contributed by atoms with van der Waals surface area (Å²) >= 11 is 0. The highest BCUT2D eigenvalue weighted by atomic mass is 16.5. The summed E-state index contributed by atoms with van der Waals surface area (Å²) in [5.74, 6) is 0.0925. The SMILES string of the molecule is COc1ccc(C(=O)NC2(C)CCCOC2)cc1O. The molecule has 1 aromatic rings. The third-order valence-electron chi connectivity index (χ3n) is 3.29. The van der Waals surface area contributed by atoms with Crippen molar-refractivity contribution < 1.29 is 19.4 Å². The Balaban J connectivity index is 2.09. The number of phenols is 1. The van der Waals surface area contributed by atoms with Gasteiger partial charge in [-0.2, -0.15) is 0 Å². The Labute approximate surface area is 112 Å². The molecule has 0 spiro atoms. The highest BCUT2D eigenvalue weighted by Crippen LogP contribution is 2.27. The van der Waals surface area contributed by atoms with Crippen LogP contribution in [-0.4, -0.2) is 36.9 Å². The van der Waals surface area contributed by atoms with E-state index in [-0.39, 0.29) is 17.2 Å². The Kier molecular flexibility index (Phi) is 3.95. The first-order valence-corrected chi connectivity index (χ1v) is 6.31. The lowest BCUT2D eigenvalue weighted by molar-refractivity contribution is 0.0272. The van der Waals surface area contributed by atoms with Crippen LogP contribution in [0.1, 0.15) is 30.1 Å². The van der Waals surface area contributed by atoms with Crippen molar-refractivity contribution in [1.29, 1.82) is 0 Å². The second kappa shape index (κ2) is 5.48. The van der Waals surface area contributed by atoms with Gasteiger partial charge in [-0.15, -0.1) is 0 Å². The molecule has 1 aliphatic rings. The van der Waals surface area contributed by atoms with Gasteiger partial charge < -0.3 is 19.9 Å². The van der Waals surface area contributed by atoms with Gasteiger partial charge in [0.25, 0.3) is 5.91 Å². The molecule has 5 heteroatoms. The molecule has 104 valence electrons. The van der Waals surface area contributed by atoms with E-state index in [1.54, 1.807) is 12.1 Å². The van der Waals surface area contributed by atoms with Crippen molar-refractivity contribution in [2.75, 3.05) is 20.3 Å². The van der Waals surface area contributed by atoms with Crippen molar-refractivity contribution in [3.05, 3.63) is 23.8 Å². The molecule has 1 heterocycles. The molecule has 1 aromatic carbocycles. The molecular weight excluding hydrogens is 246 g/mol. The predicted molar refractivity (Wildman–Crippen MR) is 70.6 cm³/mol. The van der Waals surface area contributed by atoms with Gasteiger partial charge in [-0.3, -0.25) is 4.79 Å². The molecule has 1 amide bonds. The van der Waals surface area contributed by atoms with Crippen molar-refractivity contribution in [2.45, 2.75) is 25.3 Å². The van der Waals surface area contributed by atoms with Crippen molar-refractivity contribution in [1.82, 2.24) is 5.32 Å². The number of hydrogen-bond acceptors (Lipinski definition) is 4. The molecule has 1 fully saturated rings. The summed E-state index contributed by atoms with van der Waals surface area (Å²) in [5, 5.41) is 12.6. The second-order valence-corrected chi connectivity index (χ2v) is 5.06. The molecule has 1 unspecified atom stereocenters. The first-order chi connectivity index (χ1) is 9.04. The van der Waals surface area contributed by atoms with Crippen LogP contribution in [0.2, 0.25) is 0 Å². The number of carbonyl (C=O) groups excluding carboxylic acids is 1. The van der Waals surface area contributed by atoms with Gasteiger partial charge in [0.1, 0.15) is 0 Å². The van der Waals surface area contributed by atoms with E-state index < -0.39 is 0 Å². The Bertz CT molecular complexity index is 467. The van der Waals surface area contributed by atoms with Crippen LogP contribution in [-0.2, 0) is 4.74 Å². The number of aromatic hydroxyl groups is 1. The van der Waals surface area contributed by atoms with Crippen molar-refractivity contribution in [2.24, 2.45) is 0 Å². The second-order valence-electron chi connectivity index (χ2n) is 5.06. The average molecular weight is 265 g/mol. The molecule has 0 aliphatic carbocycles. The first-order valence-electron chi connectivity index (χ1n) is 6.31. The minimum Gasteiger partial charge on any atom is -0.504 e. The molecule has 0 radical (unpaired) electrons. The van der Waals surface area contributed by atoms with Crippen molar-refractivity contribution >= 4 is 5.91 Å². The minimum absolute atomic E-state index is 0.0415. The summed E-state index contributed by atoms with van der Waals surface area (Å²) in [6.45, 7) is 3.23. The zero-order valence-corrected chi connectivity index (χ0v) is 11.2. The molecule has 1 saturated heterocycles. The zero-order chi connectivity index (χ0) is 13.9. The topological polar surface area (TPSA) is 67.8 Å². The molecule has 5 nitrogen and oxygen atoms in total. The van der Waals surface area contributed by atoms with Gasteiger partial charge in [-0.25, -0.2) is 0 Å². The first kappa shape index (κ1) is 13.7. The molecular formula is C14H19NO4. The van der Waals surface area contributed by atoms with Crippen LogP contribution in [0.25, 0.3) is 0 Å². The fourth-order valence-corrected chi connectivity index (χ4v) is 2.21. The predicted octanol–water partition coefficient (Wildman–Crippen LogP) is 1.70. The molecule has 0 bridgehead atoms.